The summed E-state index contributed by atoms with van der Waals surface area (Å²) in [6.45, 7) is 10.2. The van der Waals surface area contributed by atoms with Gasteiger partial charge in [0.15, 0.2) is 0 Å². The number of carbonyl (C=O) groups is 1. The van der Waals surface area contributed by atoms with Gasteiger partial charge in [-0.15, -0.1) is 0 Å². The van der Waals surface area contributed by atoms with Crippen molar-refractivity contribution in [3.05, 3.63) is 17.5 Å². The van der Waals surface area contributed by atoms with Crippen LogP contribution in [0, 0.1) is 0 Å². The lowest BCUT2D eigenvalue weighted by Gasteiger charge is -2.30. The molecule has 4 heteroatoms. The highest BCUT2D eigenvalue weighted by Crippen LogP contribution is 2.24. The molecule has 0 aromatic carbocycles. The molecule has 4 nitrogen and oxygen atoms in total. The Morgan fingerprint density at radius 3 is 2.79 bits per heavy atom. The van der Waals surface area contributed by atoms with Crippen molar-refractivity contribution in [3.8, 4) is 0 Å². The van der Waals surface area contributed by atoms with E-state index < -0.39 is 0 Å². The summed E-state index contributed by atoms with van der Waals surface area (Å²) in [5.41, 5.74) is 2.53. The van der Waals surface area contributed by atoms with Crippen molar-refractivity contribution in [2.45, 2.75) is 65.5 Å². The van der Waals surface area contributed by atoms with Crippen LogP contribution in [0.3, 0.4) is 0 Å². The van der Waals surface area contributed by atoms with Gasteiger partial charge in [0.1, 0.15) is 0 Å². The van der Waals surface area contributed by atoms with Crippen LogP contribution in [0.2, 0.25) is 0 Å². The summed E-state index contributed by atoms with van der Waals surface area (Å²) in [4.78, 5) is 14.0. The number of amides is 1. The molecule has 1 amide bonds. The highest BCUT2D eigenvalue weighted by molar-refractivity contribution is 5.76. The van der Waals surface area contributed by atoms with E-state index in [-0.39, 0.29) is 11.4 Å². The molecule has 0 unspecified atom stereocenters. The van der Waals surface area contributed by atoms with Crippen LogP contribution in [0.25, 0.3) is 0 Å². The number of nitrogens with zero attached hydrogens (tertiary/aromatic N) is 3. The number of rotatable bonds is 3. The highest BCUT2D eigenvalue weighted by atomic mass is 16.2. The molecule has 1 aliphatic rings. The van der Waals surface area contributed by atoms with Gasteiger partial charge in [-0.3, -0.25) is 9.48 Å². The Balaban J connectivity index is 2.09. The average molecular weight is 263 g/mol. The fourth-order valence-corrected chi connectivity index (χ4v) is 2.61. The molecule has 2 rings (SSSR count). The van der Waals surface area contributed by atoms with Crippen molar-refractivity contribution in [1.29, 1.82) is 0 Å². The van der Waals surface area contributed by atoms with Gasteiger partial charge in [0, 0.05) is 37.2 Å². The summed E-state index contributed by atoms with van der Waals surface area (Å²) in [6, 6.07) is 0. The Morgan fingerprint density at radius 1 is 1.42 bits per heavy atom. The van der Waals surface area contributed by atoms with Crippen LogP contribution in [-0.4, -0.2) is 27.1 Å². The molecular formula is C15H25N3O. The summed E-state index contributed by atoms with van der Waals surface area (Å²) in [6.07, 6.45) is 5.60. The van der Waals surface area contributed by atoms with Gasteiger partial charge in [0.25, 0.3) is 0 Å². The minimum atomic E-state index is 0.0158. The zero-order valence-electron chi connectivity index (χ0n) is 12.6. The number of unbranched alkanes of at least 4 members (excludes halogenated alkanes) is 1. The molecule has 0 saturated heterocycles. The molecule has 0 fully saturated rings. The summed E-state index contributed by atoms with van der Waals surface area (Å²) < 4.78 is 2.11. The lowest BCUT2D eigenvalue weighted by molar-refractivity contribution is -0.132. The quantitative estimate of drug-likeness (QED) is 0.841. The van der Waals surface area contributed by atoms with E-state index in [1.807, 2.05) is 11.1 Å². The fourth-order valence-electron chi connectivity index (χ4n) is 2.61. The van der Waals surface area contributed by atoms with E-state index in [0.29, 0.717) is 6.42 Å². The fraction of sp³-hybridized carbons (Fsp3) is 0.733. The molecule has 106 valence electrons. The Morgan fingerprint density at radius 2 is 2.16 bits per heavy atom. The third kappa shape index (κ3) is 2.99. The third-order valence-electron chi connectivity index (χ3n) is 3.67. The second kappa shape index (κ2) is 5.35. The third-order valence-corrected chi connectivity index (χ3v) is 3.67. The maximum atomic E-state index is 12.1. The normalized spacial score (nSPS) is 15.5. The van der Waals surface area contributed by atoms with Crippen LogP contribution in [0.5, 0.6) is 0 Å². The Labute approximate surface area is 115 Å². The van der Waals surface area contributed by atoms with Crippen molar-refractivity contribution >= 4 is 5.91 Å². The zero-order valence-corrected chi connectivity index (χ0v) is 12.6. The van der Waals surface area contributed by atoms with E-state index in [2.05, 4.69) is 37.5 Å². The van der Waals surface area contributed by atoms with Crippen LogP contribution in [-0.2, 0) is 23.3 Å². The predicted octanol–water partition coefficient (Wildman–Crippen LogP) is 2.71. The molecule has 0 bridgehead atoms. The van der Waals surface area contributed by atoms with E-state index in [0.717, 1.165) is 32.4 Å². The molecule has 0 atom stereocenters. The van der Waals surface area contributed by atoms with E-state index in [1.54, 1.807) is 0 Å². The van der Waals surface area contributed by atoms with Crippen molar-refractivity contribution in [2.24, 2.45) is 0 Å². The van der Waals surface area contributed by atoms with Crippen LogP contribution in [0.4, 0.5) is 0 Å². The molecule has 0 saturated carbocycles. The van der Waals surface area contributed by atoms with Crippen molar-refractivity contribution in [1.82, 2.24) is 14.7 Å². The monoisotopic (exact) mass is 263 g/mol. The highest BCUT2D eigenvalue weighted by Gasteiger charge is 2.27. The van der Waals surface area contributed by atoms with E-state index in [4.69, 9.17) is 0 Å². The van der Waals surface area contributed by atoms with E-state index in [9.17, 15) is 4.79 Å². The van der Waals surface area contributed by atoms with Gasteiger partial charge in [0.2, 0.25) is 5.91 Å². The van der Waals surface area contributed by atoms with Gasteiger partial charge in [-0.25, -0.2) is 0 Å². The molecule has 1 aliphatic heterocycles. The molecule has 0 aliphatic carbocycles. The maximum absolute atomic E-state index is 12.1. The Kier molecular flexibility index (Phi) is 3.97. The maximum Gasteiger partial charge on any atom is 0.222 e. The minimum Gasteiger partial charge on any atom is -0.338 e. The van der Waals surface area contributed by atoms with Crippen LogP contribution in [0.1, 0.15) is 58.2 Å². The van der Waals surface area contributed by atoms with Gasteiger partial charge >= 0.3 is 0 Å². The van der Waals surface area contributed by atoms with Gasteiger partial charge in [-0.05, 0) is 27.2 Å². The SMILES string of the molecule is CCCCC(=O)N1CCc2c(cnn2C(C)(C)C)C1. The van der Waals surface area contributed by atoms with Gasteiger partial charge in [0.05, 0.1) is 11.7 Å². The first kappa shape index (κ1) is 14.1. The molecular weight excluding hydrogens is 238 g/mol. The molecule has 0 spiro atoms. The molecule has 0 N–H and O–H groups in total. The van der Waals surface area contributed by atoms with Gasteiger partial charge < -0.3 is 4.90 Å². The lowest BCUT2D eigenvalue weighted by atomic mass is 10.0. The average Bonchev–Trinajstić information content (AvgIpc) is 2.78. The van der Waals surface area contributed by atoms with Crippen molar-refractivity contribution < 1.29 is 4.79 Å². The van der Waals surface area contributed by atoms with Crippen LogP contribution < -0.4 is 0 Å². The van der Waals surface area contributed by atoms with E-state index in [1.165, 1.54) is 11.3 Å². The molecule has 1 aromatic rings. The first-order valence-electron chi connectivity index (χ1n) is 7.27. The number of hydrogen-bond acceptors (Lipinski definition) is 2. The van der Waals surface area contributed by atoms with Crippen LogP contribution in [0.15, 0.2) is 6.20 Å². The largest absolute Gasteiger partial charge is 0.338 e. The Hall–Kier alpha value is -1.32. The standard InChI is InChI=1S/C15H25N3O/c1-5-6-7-14(19)17-9-8-13-12(11-17)10-16-18(13)15(2,3)4/h10H,5-9,11H2,1-4H3. The van der Waals surface area contributed by atoms with Crippen LogP contribution >= 0.6 is 0 Å². The smallest absolute Gasteiger partial charge is 0.222 e. The zero-order chi connectivity index (χ0) is 14.0. The molecule has 2 heterocycles. The first-order valence-corrected chi connectivity index (χ1v) is 7.27. The second-order valence-electron chi connectivity index (χ2n) is 6.37. The van der Waals surface area contributed by atoms with Crippen molar-refractivity contribution in [3.63, 3.8) is 0 Å². The molecule has 1 aromatic heterocycles. The number of carbonyl (C=O) groups excluding carboxylic acids is 1. The summed E-state index contributed by atoms with van der Waals surface area (Å²) >= 11 is 0. The second-order valence-corrected chi connectivity index (χ2v) is 6.37. The molecule has 0 radical (unpaired) electrons. The van der Waals surface area contributed by atoms with Gasteiger partial charge in [-0.2, -0.15) is 5.10 Å². The van der Waals surface area contributed by atoms with Crippen molar-refractivity contribution in [2.75, 3.05) is 6.54 Å². The van der Waals surface area contributed by atoms with Gasteiger partial charge in [-0.1, -0.05) is 13.3 Å². The topological polar surface area (TPSA) is 38.1 Å². The van der Waals surface area contributed by atoms with E-state index >= 15 is 0 Å². The number of fused-ring (bicyclic) bond motifs is 1. The predicted molar refractivity (Wildman–Crippen MR) is 75.9 cm³/mol. The summed E-state index contributed by atoms with van der Waals surface area (Å²) in [5.74, 6) is 0.288. The number of aromatic nitrogens is 2. The lowest BCUT2D eigenvalue weighted by Crippen LogP contribution is -2.37. The molecule has 19 heavy (non-hydrogen) atoms. The number of hydrogen-bond donors (Lipinski definition) is 0. The first-order chi connectivity index (χ1) is 8.93. The minimum absolute atomic E-state index is 0.0158. The summed E-state index contributed by atoms with van der Waals surface area (Å²) in [7, 11) is 0. The summed E-state index contributed by atoms with van der Waals surface area (Å²) in [5, 5.41) is 4.50. The Bertz CT molecular complexity index is 456.